The van der Waals surface area contributed by atoms with Crippen LogP contribution in [0.5, 0.6) is 11.5 Å². The van der Waals surface area contributed by atoms with Crippen LogP contribution < -0.4 is 4.74 Å². The summed E-state index contributed by atoms with van der Waals surface area (Å²) in [5.41, 5.74) is 2.69. The van der Waals surface area contributed by atoms with Gasteiger partial charge in [0.1, 0.15) is 17.1 Å². The molecule has 1 heterocycles. The Bertz CT molecular complexity index is 1190. The molecule has 5 nitrogen and oxygen atoms in total. The number of rotatable bonds is 9. The number of unbranched alkanes of at least 4 members (excludes halogenated alkanes) is 3. The summed E-state index contributed by atoms with van der Waals surface area (Å²) in [6.07, 6.45) is 4.09. The number of phenols is 1. The Kier molecular flexibility index (Phi) is 6.41. The molecule has 3 aromatic carbocycles. The quantitative estimate of drug-likeness (QED) is 0.271. The summed E-state index contributed by atoms with van der Waals surface area (Å²) in [4.78, 5) is 11.8. The summed E-state index contributed by atoms with van der Waals surface area (Å²) in [6, 6.07) is 21.1. The molecule has 0 saturated carbocycles. The van der Waals surface area contributed by atoms with Gasteiger partial charge in [0, 0.05) is 22.8 Å². The summed E-state index contributed by atoms with van der Waals surface area (Å²) < 4.78 is 12.9. The third kappa shape index (κ3) is 4.36. The number of carbonyl (C=O) groups excluding carboxylic acids is 1. The Hall–Kier alpha value is -3.47. The smallest absolute Gasteiger partial charge is 0.341 e. The molecule has 0 aliphatic rings. The molecule has 1 N–H and O–H groups in total. The highest BCUT2D eigenvalue weighted by atomic mass is 16.5. The van der Waals surface area contributed by atoms with Crippen LogP contribution in [0.25, 0.3) is 21.8 Å². The number of phenolic OH excluding ortho intramolecular Hbond substituents is 1. The predicted molar refractivity (Wildman–Crippen MR) is 123 cm³/mol. The number of hydrogen-bond donors (Lipinski definition) is 1. The Morgan fingerprint density at radius 3 is 2.48 bits per heavy atom. The second kappa shape index (κ2) is 9.56. The first kappa shape index (κ1) is 20.8. The van der Waals surface area contributed by atoms with E-state index in [0.717, 1.165) is 54.0 Å². The zero-order chi connectivity index (χ0) is 21.6. The van der Waals surface area contributed by atoms with Crippen molar-refractivity contribution in [3.05, 3.63) is 72.3 Å². The molecule has 1 aromatic heterocycles. The first-order chi connectivity index (χ1) is 15.2. The van der Waals surface area contributed by atoms with Crippen LogP contribution in [0.15, 0.2) is 66.7 Å². The second-order valence-electron chi connectivity index (χ2n) is 7.59. The molecule has 5 heteroatoms. The molecule has 0 saturated heterocycles. The van der Waals surface area contributed by atoms with Crippen molar-refractivity contribution < 1.29 is 19.4 Å². The Labute approximate surface area is 181 Å². The van der Waals surface area contributed by atoms with Gasteiger partial charge in [0.2, 0.25) is 0 Å². The topological polar surface area (TPSA) is 60.7 Å². The van der Waals surface area contributed by atoms with E-state index < -0.39 is 0 Å². The molecule has 0 unspecified atom stereocenters. The number of fused-ring (bicyclic) bond motifs is 3. The Morgan fingerprint density at radius 2 is 1.61 bits per heavy atom. The van der Waals surface area contributed by atoms with Crippen LogP contribution in [0.2, 0.25) is 0 Å². The van der Waals surface area contributed by atoms with Crippen LogP contribution in [-0.2, 0) is 11.3 Å². The first-order valence-electron chi connectivity index (χ1n) is 10.7. The number of aryl methyl sites for hydroxylation is 1. The molecule has 0 amide bonds. The van der Waals surface area contributed by atoms with Gasteiger partial charge in [-0.2, -0.15) is 0 Å². The summed E-state index contributed by atoms with van der Waals surface area (Å²) in [5.74, 6) is 0.518. The van der Waals surface area contributed by atoms with Crippen LogP contribution in [0.1, 0.15) is 36.0 Å². The molecule has 4 rings (SSSR count). The number of benzene rings is 3. The van der Waals surface area contributed by atoms with Crippen molar-refractivity contribution >= 4 is 27.8 Å². The fraction of sp³-hybridized carbons (Fsp3) is 0.269. The zero-order valence-electron chi connectivity index (χ0n) is 17.7. The average molecular weight is 418 g/mol. The fourth-order valence-corrected chi connectivity index (χ4v) is 4.10. The molecule has 4 aromatic rings. The standard InChI is InChI=1S/C26H27NO4/c1-30-26(29)20-12-5-7-16-24(20)31-18-9-3-2-8-17-27-21-13-6-4-11-19(21)25-22(27)14-10-15-23(25)28/h4-7,10-16,28H,2-3,8-9,17-18H2,1H3. The molecule has 0 aliphatic heterocycles. The van der Waals surface area contributed by atoms with Gasteiger partial charge in [-0.05, 0) is 43.2 Å². The Balaban J connectivity index is 1.31. The van der Waals surface area contributed by atoms with Crippen molar-refractivity contribution in [1.29, 1.82) is 0 Å². The average Bonchev–Trinajstić information content (AvgIpc) is 3.13. The van der Waals surface area contributed by atoms with Crippen LogP contribution >= 0.6 is 0 Å². The van der Waals surface area contributed by atoms with E-state index in [9.17, 15) is 9.90 Å². The number of aromatic hydroxyl groups is 1. The van der Waals surface area contributed by atoms with E-state index in [-0.39, 0.29) is 5.97 Å². The Morgan fingerprint density at radius 1 is 0.871 bits per heavy atom. The molecule has 0 radical (unpaired) electrons. The minimum Gasteiger partial charge on any atom is -0.507 e. The number of para-hydroxylation sites is 2. The lowest BCUT2D eigenvalue weighted by atomic mass is 10.1. The summed E-state index contributed by atoms with van der Waals surface area (Å²) in [5, 5.41) is 12.4. The van der Waals surface area contributed by atoms with Gasteiger partial charge >= 0.3 is 5.97 Å². The van der Waals surface area contributed by atoms with Gasteiger partial charge in [-0.3, -0.25) is 0 Å². The van der Waals surface area contributed by atoms with Crippen molar-refractivity contribution in [2.45, 2.75) is 32.2 Å². The van der Waals surface area contributed by atoms with Crippen LogP contribution in [-0.4, -0.2) is 29.4 Å². The zero-order valence-corrected chi connectivity index (χ0v) is 17.7. The molecule has 0 bridgehead atoms. The van der Waals surface area contributed by atoms with Crippen LogP contribution in [0, 0.1) is 0 Å². The highest BCUT2D eigenvalue weighted by Crippen LogP contribution is 2.35. The van der Waals surface area contributed by atoms with Gasteiger partial charge in [-0.25, -0.2) is 4.79 Å². The number of carbonyl (C=O) groups is 1. The molecule has 0 aliphatic carbocycles. The minimum absolute atomic E-state index is 0.330. The van der Waals surface area contributed by atoms with Gasteiger partial charge in [-0.1, -0.05) is 49.2 Å². The van der Waals surface area contributed by atoms with Gasteiger partial charge in [0.25, 0.3) is 0 Å². The van der Waals surface area contributed by atoms with Gasteiger partial charge in [0.15, 0.2) is 0 Å². The summed E-state index contributed by atoms with van der Waals surface area (Å²) in [6.45, 7) is 1.47. The highest BCUT2D eigenvalue weighted by molar-refractivity contribution is 6.11. The predicted octanol–water partition coefficient (Wildman–Crippen LogP) is 5.93. The lowest BCUT2D eigenvalue weighted by Crippen LogP contribution is -2.06. The molecule has 31 heavy (non-hydrogen) atoms. The van der Waals surface area contributed by atoms with Gasteiger partial charge in [-0.15, -0.1) is 0 Å². The van der Waals surface area contributed by atoms with E-state index in [2.05, 4.69) is 22.8 Å². The van der Waals surface area contributed by atoms with E-state index in [1.807, 2.05) is 24.3 Å². The lowest BCUT2D eigenvalue weighted by Gasteiger charge is -2.10. The maximum Gasteiger partial charge on any atom is 0.341 e. The minimum atomic E-state index is -0.382. The molecule has 160 valence electrons. The van der Waals surface area contributed by atoms with Crippen molar-refractivity contribution in [2.24, 2.45) is 0 Å². The van der Waals surface area contributed by atoms with Crippen molar-refractivity contribution in [2.75, 3.05) is 13.7 Å². The number of esters is 1. The van der Waals surface area contributed by atoms with E-state index in [1.54, 1.807) is 24.3 Å². The van der Waals surface area contributed by atoms with Crippen LogP contribution in [0.4, 0.5) is 0 Å². The molecule has 0 fully saturated rings. The number of methoxy groups -OCH3 is 1. The van der Waals surface area contributed by atoms with Crippen molar-refractivity contribution in [3.8, 4) is 11.5 Å². The van der Waals surface area contributed by atoms with E-state index >= 15 is 0 Å². The number of hydrogen-bond acceptors (Lipinski definition) is 4. The second-order valence-corrected chi connectivity index (χ2v) is 7.59. The molecule has 0 spiro atoms. The molecule has 0 atom stereocenters. The van der Waals surface area contributed by atoms with E-state index in [4.69, 9.17) is 9.47 Å². The maximum atomic E-state index is 11.8. The van der Waals surface area contributed by atoms with E-state index in [0.29, 0.717) is 23.7 Å². The third-order valence-corrected chi connectivity index (χ3v) is 5.60. The third-order valence-electron chi connectivity index (χ3n) is 5.60. The summed E-state index contributed by atoms with van der Waals surface area (Å²) >= 11 is 0. The van der Waals surface area contributed by atoms with Crippen molar-refractivity contribution in [3.63, 3.8) is 0 Å². The fourth-order valence-electron chi connectivity index (χ4n) is 4.10. The largest absolute Gasteiger partial charge is 0.507 e. The number of nitrogens with zero attached hydrogens (tertiary/aromatic N) is 1. The SMILES string of the molecule is COC(=O)c1ccccc1OCCCCCCn1c2ccccc2c2c(O)cccc21. The lowest BCUT2D eigenvalue weighted by molar-refractivity contribution is 0.0596. The van der Waals surface area contributed by atoms with Gasteiger partial charge in [0.05, 0.1) is 19.2 Å². The maximum absolute atomic E-state index is 11.8. The summed E-state index contributed by atoms with van der Waals surface area (Å²) in [7, 11) is 1.37. The highest BCUT2D eigenvalue weighted by Gasteiger charge is 2.13. The van der Waals surface area contributed by atoms with Crippen LogP contribution in [0.3, 0.4) is 0 Å². The number of aromatic nitrogens is 1. The first-order valence-corrected chi connectivity index (χ1v) is 10.7. The van der Waals surface area contributed by atoms with Gasteiger partial charge < -0.3 is 19.1 Å². The normalized spacial score (nSPS) is 11.1. The van der Waals surface area contributed by atoms with Crippen molar-refractivity contribution in [1.82, 2.24) is 4.57 Å². The molecular weight excluding hydrogens is 390 g/mol. The van der Waals surface area contributed by atoms with E-state index in [1.165, 1.54) is 7.11 Å². The molecular formula is C26H27NO4. The monoisotopic (exact) mass is 417 g/mol. The number of ether oxygens (including phenoxy) is 2.